The summed E-state index contributed by atoms with van der Waals surface area (Å²) >= 11 is 0. The summed E-state index contributed by atoms with van der Waals surface area (Å²) in [5.41, 5.74) is 1.55. The molecule has 0 aromatic carbocycles. The highest BCUT2D eigenvalue weighted by molar-refractivity contribution is 5.08. The number of aromatic nitrogens is 1. The molecule has 1 aliphatic heterocycles. The third-order valence-electron chi connectivity index (χ3n) is 3.68. The maximum absolute atomic E-state index is 6.08. The predicted molar refractivity (Wildman–Crippen MR) is 79.2 cm³/mol. The molecule has 1 aromatic heterocycles. The molecule has 2 rings (SSSR count). The summed E-state index contributed by atoms with van der Waals surface area (Å²) in [5, 5.41) is 3.54. The highest BCUT2D eigenvalue weighted by atomic mass is 16.5. The smallest absolute Gasteiger partial charge is 0.0762 e. The molecule has 0 bridgehead atoms. The van der Waals surface area contributed by atoms with E-state index in [9.17, 15) is 0 Å². The van der Waals surface area contributed by atoms with Gasteiger partial charge in [0.25, 0.3) is 0 Å². The number of nitrogens with one attached hydrogen (secondary N) is 1. The molecule has 1 aromatic rings. The molecule has 0 aliphatic carbocycles. The largest absolute Gasteiger partial charge is 0.370 e. The summed E-state index contributed by atoms with van der Waals surface area (Å²) in [7, 11) is 0. The van der Waals surface area contributed by atoms with Crippen LogP contribution in [-0.4, -0.2) is 21.8 Å². The molecule has 1 N–H and O–H groups in total. The third kappa shape index (κ3) is 4.36. The van der Waals surface area contributed by atoms with Gasteiger partial charge in [0.05, 0.1) is 11.7 Å². The van der Waals surface area contributed by atoms with Gasteiger partial charge in [-0.05, 0) is 59.6 Å². The van der Waals surface area contributed by atoms with Crippen LogP contribution in [-0.2, 0) is 17.8 Å². The molecule has 108 valence electrons. The van der Waals surface area contributed by atoms with E-state index in [0.717, 1.165) is 25.9 Å². The van der Waals surface area contributed by atoms with Crippen LogP contribution in [0.15, 0.2) is 18.3 Å². The molecular formula is C16H28N2O. The van der Waals surface area contributed by atoms with Crippen LogP contribution >= 0.6 is 0 Å². The average molecular weight is 264 g/mol. The summed E-state index contributed by atoms with van der Waals surface area (Å²) in [6, 6.07) is 4.32. The molecule has 1 fully saturated rings. The van der Waals surface area contributed by atoms with Crippen LogP contribution in [0.2, 0.25) is 0 Å². The van der Waals surface area contributed by atoms with Crippen LogP contribution in [0.3, 0.4) is 0 Å². The zero-order valence-corrected chi connectivity index (χ0v) is 13.0. The summed E-state index contributed by atoms with van der Waals surface area (Å²) in [6.45, 7) is 12.8. The molecule has 19 heavy (non-hydrogen) atoms. The lowest BCUT2D eigenvalue weighted by atomic mass is 10.1. The summed E-state index contributed by atoms with van der Waals surface area (Å²) in [5.74, 6) is 0. The first-order valence-corrected chi connectivity index (χ1v) is 7.32. The van der Waals surface area contributed by atoms with E-state index in [-0.39, 0.29) is 11.1 Å². The van der Waals surface area contributed by atoms with Gasteiger partial charge >= 0.3 is 0 Å². The van der Waals surface area contributed by atoms with E-state index in [1.807, 2.05) is 0 Å². The monoisotopic (exact) mass is 264 g/mol. The standard InChI is InChI=1S/C16H28N2O/c1-15(2,3)17-11-13-7-6-10-18(13)12-14-8-9-16(4,5)19-14/h6-7,10,14,17H,8-9,11-12H2,1-5H3. The summed E-state index contributed by atoms with van der Waals surface area (Å²) < 4.78 is 8.41. The molecule has 1 aliphatic rings. The van der Waals surface area contributed by atoms with E-state index < -0.39 is 0 Å². The molecule has 1 saturated heterocycles. The van der Waals surface area contributed by atoms with Crippen molar-refractivity contribution in [3.05, 3.63) is 24.0 Å². The quantitative estimate of drug-likeness (QED) is 0.902. The Morgan fingerprint density at radius 3 is 2.74 bits per heavy atom. The number of hydrogen-bond donors (Lipinski definition) is 1. The van der Waals surface area contributed by atoms with E-state index in [2.05, 4.69) is 62.8 Å². The lowest BCUT2D eigenvalue weighted by molar-refractivity contribution is -0.0219. The highest BCUT2D eigenvalue weighted by Crippen LogP contribution is 2.30. The Morgan fingerprint density at radius 1 is 1.42 bits per heavy atom. The van der Waals surface area contributed by atoms with E-state index in [1.165, 1.54) is 5.69 Å². The topological polar surface area (TPSA) is 26.2 Å². The number of rotatable bonds is 4. The van der Waals surface area contributed by atoms with Gasteiger partial charge in [0.15, 0.2) is 0 Å². The van der Waals surface area contributed by atoms with Gasteiger partial charge in [-0.1, -0.05) is 0 Å². The van der Waals surface area contributed by atoms with Gasteiger partial charge in [-0.3, -0.25) is 0 Å². The van der Waals surface area contributed by atoms with Crippen LogP contribution in [0.5, 0.6) is 0 Å². The van der Waals surface area contributed by atoms with Crippen LogP contribution in [0, 0.1) is 0 Å². The molecule has 2 heterocycles. The molecule has 3 nitrogen and oxygen atoms in total. The van der Waals surface area contributed by atoms with Crippen molar-refractivity contribution in [2.45, 2.75) is 77.8 Å². The van der Waals surface area contributed by atoms with Crippen molar-refractivity contribution >= 4 is 0 Å². The van der Waals surface area contributed by atoms with Crippen LogP contribution in [0.4, 0.5) is 0 Å². The first kappa shape index (κ1) is 14.6. The van der Waals surface area contributed by atoms with Crippen molar-refractivity contribution in [1.82, 2.24) is 9.88 Å². The van der Waals surface area contributed by atoms with Crippen molar-refractivity contribution < 1.29 is 4.74 Å². The van der Waals surface area contributed by atoms with Crippen molar-refractivity contribution in [3.63, 3.8) is 0 Å². The third-order valence-corrected chi connectivity index (χ3v) is 3.68. The minimum absolute atomic E-state index is 0.0572. The Labute approximate surface area is 117 Å². The van der Waals surface area contributed by atoms with Crippen molar-refractivity contribution in [2.75, 3.05) is 0 Å². The number of nitrogens with zero attached hydrogens (tertiary/aromatic N) is 1. The first-order valence-electron chi connectivity index (χ1n) is 7.32. The Balaban J connectivity index is 1.93. The minimum Gasteiger partial charge on any atom is -0.370 e. The molecule has 1 atom stereocenters. The van der Waals surface area contributed by atoms with Crippen LogP contribution < -0.4 is 5.32 Å². The normalized spacial score (nSPS) is 22.9. The van der Waals surface area contributed by atoms with Gasteiger partial charge < -0.3 is 14.6 Å². The molecule has 0 saturated carbocycles. The Bertz CT molecular complexity index is 415. The zero-order valence-electron chi connectivity index (χ0n) is 13.0. The van der Waals surface area contributed by atoms with Gasteiger partial charge in [0.2, 0.25) is 0 Å². The maximum Gasteiger partial charge on any atom is 0.0762 e. The van der Waals surface area contributed by atoms with Gasteiger partial charge in [-0.25, -0.2) is 0 Å². The van der Waals surface area contributed by atoms with E-state index >= 15 is 0 Å². The zero-order chi connectivity index (χ0) is 14.1. The van der Waals surface area contributed by atoms with Crippen LogP contribution in [0.25, 0.3) is 0 Å². The molecule has 0 radical (unpaired) electrons. The molecule has 3 heteroatoms. The Kier molecular flexibility index (Phi) is 4.07. The van der Waals surface area contributed by atoms with Crippen molar-refractivity contribution in [1.29, 1.82) is 0 Å². The summed E-state index contributed by atoms with van der Waals surface area (Å²) in [6.07, 6.45) is 4.84. The fourth-order valence-electron chi connectivity index (χ4n) is 2.57. The van der Waals surface area contributed by atoms with E-state index in [1.54, 1.807) is 0 Å². The molecule has 1 unspecified atom stereocenters. The Morgan fingerprint density at radius 2 is 2.16 bits per heavy atom. The van der Waals surface area contributed by atoms with Crippen molar-refractivity contribution in [2.24, 2.45) is 0 Å². The maximum atomic E-state index is 6.08. The second kappa shape index (κ2) is 5.29. The Hall–Kier alpha value is -0.800. The molecule has 0 spiro atoms. The van der Waals surface area contributed by atoms with E-state index in [4.69, 9.17) is 4.74 Å². The fraction of sp³-hybridized carbons (Fsp3) is 0.750. The molecular weight excluding hydrogens is 236 g/mol. The minimum atomic E-state index is 0.0572. The second-order valence-electron chi connectivity index (χ2n) is 7.29. The lowest BCUT2D eigenvalue weighted by Gasteiger charge is -2.23. The molecule has 0 amide bonds. The highest BCUT2D eigenvalue weighted by Gasteiger charge is 2.31. The lowest BCUT2D eigenvalue weighted by Crippen LogP contribution is -2.36. The first-order chi connectivity index (χ1) is 8.75. The van der Waals surface area contributed by atoms with Gasteiger partial charge in [0, 0.05) is 30.5 Å². The van der Waals surface area contributed by atoms with Crippen molar-refractivity contribution in [3.8, 4) is 0 Å². The van der Waals surface area contributed by atoms with Crippen LogP contribution in [0.1, 0.15) is 53.2 Å². The van der Waals surface area contributed by atoms with E-state index in [0.29, 0.717) is 6.10 Å². The SMILES string of the molecule is CC(C)(C)NCc1cccn1CC1CCC(C)(C)O1. The second-order valence-corrected chi connectivity index (χ2v) is 7.29. The summed E-state index contributed by atoms with van der Waals surface area (Å²) in [4.78, 5) is 0. The number of ether oxygens (including phenoxy) is 1. The number of hydrogen-bond acceptors (Lipinski definition) is 2. The van der Waals surface area contributed by atoms with Gasteiger partial charge in [-0.2, -0.15) is 0 Å². The fourth-order valence-corrected chi connectivity index (χ4v) is 2.57. The van der Waals surface area contributed by atoms with Gasteiger partial charge in [-0.15, -0.1) is 0 Å². The predicted octanol–water partition coefficient (Wildman–Crippen LogP) is 3.33. The average Bonchev–Trinajstić information content (AvgIpc) is 2.82. The van der Waals surface area contributed by atoms with Gasteiger partial charge in [0.1, 0.15) is 0 Å².